The van der Waals surface area contributed by atoms with E-state index in [0.29, 0.717) is 3.57 Å². The Morgan fingerprint density at radius 1 is 1.42 bits per heavy atom. The molecule has 0 aliphatic rings. The molecule has 0 heterocycles. The Morgan fingerprint density at radius 2 is 2.00 bits per heavy atom. The number of nitrogens with one attached hydrogen (secondary N) is 1. The Bertz CT molecular complexity index is 605. The molecule has 1 aromatic rings. The second-order valence-corrected chi connectivity index (χ2v) is 6.21. The molecule has 0 fully saturated rings. The average Bonchev–Trinajstić information content (AvgIpc) is 2.28. The van der Waals surface area contributed by atoms with Crippen LogP contribution in [0.3, 0.4) is 0 Å². The lowest BCUT2D eigenvalue weighted by molar-refractivity contribution is 0.0697. The van der Waals surface area contributed by atoms with E-state index in [-0.39, 0.29) is 0 Å². The van der Waals surface area contributed by atoms with Crippen molar-refractivity contribution < 1.29 is 30.9 Å². The van der Waals surface area contributed by atoms with E-state index in [1.807, 2.05) is 0 Å². The van der Waals surface area contributed by atoms with Crippen LogP contribution in [-0.4, -0.2) is 30.7 Å². The van der Waals surface area contributed by atoms with Crippen LogP contribution < -0.4 is 5.32 Å². The number of hydrogen-bond donors (Lipinski definition) is 2. The molecule has 0 saturated heterocycles. The summed E-state index contributed by atoms with van der Waals surface area (Å²) in [5, 5.41) is -3.00. The summed E-state index contributed by atoms with van der Waals surface area (Å²) >= 11 is 1.78. The van der Waals surface area contributed by atoms with E-state index in [1.54, 1.807) is 27.9 Å². The van der Waals surface area contributed by atoms with Crippen LogP contribution in [0.25, 0.3) is 0 Å². The van der Waals surface area contributed by atoms with E-state index in [4.69, 9.17) is 4.55 Å². The van der Waals surface area contributed by atoms with Crippen LogP contribution in [0.4, 0.5) is 13.2 Å². The van der Waals surface area contributed by atoms with E-state index >= 15 is 0 Å². The fraction of sp³-hybridized carbons (Fsp3) is 0.222. The van der Waals surface area contributed by atoms with Crippen molar-refractivity contribution in [2.24, 2.45) is 0 Å². The lowest BCUT2D eigenvalue weighted by Gasteiger charge is -2.13. The first-order valence-electron chi connectivity index (χ1n) is 4.63. The number of benzene rings is 1. The summed E-state index contributed by atoms with van der Waals surface area (Å²) < 4.78 is 68.3. The number of rotatable bonds is 4. The first kappa shape index (κ1) is 16.2. The van der Waals surface area contributed by atoms with Crippen molar-refractivity contribution >= 4 is 38.6 Å². The predicted octanol–water partition coefficient (Wildman–Crippen LogP) is 1.64. The minimum Gasteiger partial charge on any atom is -0.345 e. The number of alkyl halides is 2. The minimum atomic E-state index is -5.64. The summed E-state index contributed by atoms with van der Waals surface area (Å²) in [6.07, 6.45) is 0. The van der Waals surface area contributed by atoms with Crippen molar-refractivity contribution in [1.29, 1.82) is 0 Å². The summed E-state index contributed by atoms with van der Waals surface area (Å²) in [6, 6.07) is 3.44. The zero-order chi connectivity index (χ0) is 14.8. The first-order valence-corrected chi connectivity index (χ1v) is 7.14. The third kappa shape index (κ3) is 4.04. The van der Waals surface area contributed by atoms with Crippen LogP contribution in [0.15, 0.2) is 18.2 Å². The maximum absolute atomic E-state index is 13.3. The lowest BCUT2D eigenvalue weighted by atomic mass is 10.2. The molecule has 2 N–H and O–H groups in total. The molecule has 0 aliphatic carbocycles. The quantitative estimate of drug-likeness (QED) is 0.585. The Morgan fingerprint density at radius 3 is 2.53 bits per heavy atom. The molecule has 1 rings (SSSR count). The SMILES string of the molecule is O=C(NCC(F)(F)S(=O)(=O)O)c1cc(I)ccc1F. The van der Waals surface area contributed by atoms with Gasteiger partial charge in [0.1, 0.15) is 5.82 Å². The van der Waals surface area contributed by atoms with Gasteiger partial charge in [0.2, 0.25) is 0 Å². The maximum atomic E-state index is 13.3. The molecule has 19 heavy (non-hydrogen) atoms. The van der Waals surface area contributed by atoms with Crippen LogP contribution >= 0.6 is 22.6 Å². The zero-order valence-electron chi connectivity index (χ0n) is 9.03. The van der Waals surface area contributed by atoms with Crippen molar-refractivity contribution in [1.82, 2.24) is 5.32 Å². The Balaban J connectivity index is 2.85. The topological polar surface area (TPSA) is 83.5 Å². The van der Waals surface area contributed by atoms with E-state index in [0.717, 1.165) is 12.1 Å². The molecule has 1 aromatic carbocycles. The molecule has 0 atom stereocenters. The fourth-order valence-corrected chi connectivity index (χ4v) is 1.79. The van der Waals surface area contributed by atoms with Crippen molar-refractivity contribution in [3.63, 3.8) is 0 Å². The van der Waals surface area contributed by atoms with Crippen LogP contribution in [-0.2, 0) is 10.1 Å². The van der Waals surface area contributed by atoms with Gasteiger partial charge in [0, 0.05) is 3.57 Å². The molecule has 0 aliphatic heterocycles. The Labute approximate surface area is 120 Å². The van der Waals surface area contributed by atoms with Crippen molar-refractivity contribution in [2.45, 2.75) is 5.25 Å². The number of carbonyl (C=O) groups is 1. The molecule has 10 heteroatoms. The highest BCUT2D eigenvalue weighted by atomic mass is 127. The van der Waals surface area contributed by atoms with E-state index in [9.17, 15) is 26.4 Å². The lowest BCUT2D eigenvalue weighted by Crippen LogP contribution is -2.42. The second kappa shape index (κ2) is 5.63. The smallest absolute Gasteiger partial charge is 0.345 e. The predicted molar refractivity (Wildman–Crippen MR) is 67.9 cm³/mol. The number of carbonyl (C=O) groups excluding carboxylic acids is 1. The van der Waals surface area contributed by atoms with Gasteiger partial charge in [-0.1, -0.05) is 0 Å². The number of halogens is 4. The van der Waals surface area contributed by atoms with Gasteiger partial charge in [-0.3, -0.25) is 9.35 Å². The van der Waals surface area contributed by atoms with Crippen molar-refractivity contribution in [2.75, 3.05) is 6.54 Å². The highest BCUT2D eigenvalue weighted by molar-refractivity contribution is 14.1. The van der Waals surface area contributed by atoms with Gasteiger partial charge in [-0.15, -0.1) is 0 Å². The molecule has 106 valence electrons. The van der Waals surface area contributed by atoms with Crippen molar-refractivity contribution in [3.05, 3.63) is 33.1 Å². The summed E-state index contributed by atoms with van der Waals surface area (Å²) in [5.41, 5.74) is -0.502. The van der Waals surface area contributed by atoms with Gasteiger partial charge in [0.25, 0.3) is 5.91 Å². The molecule has 1 amide bonds. The molecule has 5 nitrogen and oxygen atoms in total. The van der Waals surface area contributed by atoms with Crippen LogP contribution in [0, 0.1) is 9.39 Å². The highest BCUT2D eigenvalue weighted by Gasteiger charge is 2.44. The van der Waals surface area contributed by atoms with Gasteiger partial charge in [0.05, 0.1) is 12.1 Å². The van der Waals surface area contributed by atoms with Crippen molar-refractivity contribution in [3.8, 4) is 0 Å². The average molecular weight is 409 g/mol. The van der Waals surface area contributed by atoms with Gasteiger partial charge in [-0.2, -0.15) is 17.2 Å². The minimum absolute atomic E-state index is 0.491. The summed E-state index contributed by atoms with van der Waals surface area (Å²) in [6.45, 7) is -1.66. The van der Waals surface area contributed by atoms with Gasteiger partial charge in [-0.05, 0) is 40.8 Å². The van der Waals surface area contributed by atoms with Gasteiger partial charge < -0.3 is 5.32 Å². The summed E-state index contributed by atoms with van der Waals surface area (Å²) in [5.74, 6) is -2.15. The van der Waals surface area contributed by atoms with E-state index in [2.05, 4.69) is 0 Å². The molecule has 0 bridgehead atoms. The molecule has 0 unspecified atom stereocenters. The Hall–Kier alpha value is -0.880. The van der Waals surface area contributed by atoms with Crippen LogP contribution in [0.1, 0.15) is 10.4 Å². The molecule has 0 aromatic heterocycles. The molecule has 0 radical (unpaired) electrons. The molecule has 0 saturated carbocycles. The third-order valence-corrected chi connectivity index (χ3v) is 3.58. The second-order valence-electron chi connectivity index (χ2n) is 3.42. The largest absolute Gasteiger partial charge is 0.386 e. The molecule has 0 spiro atoms. The number of hydrogen-bond acceptors (Lipinski definition) is 3. The summed E-state index contributed by atoms with van der Waals surface area (Å²) in [4.78, 5) is 11.4. The highest BCUT2D eigenvalue weighted by Crippen LogP contribution is 2.19. The van der Waals surface area contributed by atoms with Gasteiger partial charge in [-0.25, -0.2) is 4.39 Å². The number of amides is 1. The van der Waals surface area contributed by atoms with E-state index in [1.165, 1.54) is 6.07 Å². The summed E-state index contributed by atoms with van der Waals surface area (Å²) in [7, 11) is -5.64. The third-order valence-electron chi connectivity index (χ3n) is 2.01. The zero-order valence-corrected chi connectivity index (χ0v) is 12.0. The fourth-order valence-electron chi connectivity index (χ4n) is 1.04. The maximum Gasteiger partial charge on any atom is 0.386 e. The van der Waals surface area contributed by atoms with Crippen LogP contribution in [0.5, 0.6) is 0 Å². The van der Waals surface area contributed by atoms with E-state index < -0.39 is 39.2 Å². The van der Waals surface area contributed by atoms with Gasteiger partial charge in [0.15, 0.2) is 0 Å². The monoisotopic (exact) mass is 409 g/mol. The first-order chi connectivity index (χ1) is 8.54. The van der Waals surface area contributed by atoms with Crippen LogP contribution in [0.2, 0.25) is 0 Å². The normalized spacial score (nSPS) is 12.3. The standard InChI is InChI=1S/C9H7F3INO4S/c10-7-2-1-5(13)3-6(7)8(15)14-4-9(11,12)19(16,17)18/h1-3H,4H2,(H,14,15)(H,16,17,18). The van der Waals surface area contributed by atoms with Gasteiger partial charge >= 0.3 is 15.4 Å². The Kier molecular flexibility index (Phi) is 4.79. The molecular formula is C9H7F3INO4S. The molecular weight excluding hydrogens is 402 g/mol.